The second kappa shape index (κ2) is 10.2. The molecule has 2 saturated heterocycles. The molecule has 0 radical (unpaired) electrons. The fourth-order valence-electron chi connectivity index (χ4n) is 5.42. The first-order chi connectivity index (χ1) is 18.3. The fraction of sp³-hybridized carbons (Fsp3) is 0.593. The lowest BCUT2D eigenvalue weighted by Crippen LogP contribution is -2.63. The van der Waals surface area contributed by atoms with E-state index in [1.165, 1.54) is 12.3 Å². The third-order valence-corrected chi connectivity index (χ3v) is 7.99. The summed E-state index contributed by atoms with van der Waals surface area (Å²) in [7, 11) is 0. The second-order valence-corrected chi connectivity index (χ2v) is 11.8. The molecule has 212 valence electrons. The maximum atomic E-state index is 15.6. The molecule has 0 saturated carbocycles. The van der Waals surface area contributed by atoms with E-state index in [2.05, 4.69) is 20.3 Å². The normalized spacial score (nSPS) is 24.1. The summed E-state index contributed by atoms with van der Waals surface area (Å²) in [6, 6.07) is 2.64. The van der Waals surface area contributed by atoms with Gasteiger partial charge >= 0.3 is 0 Å². The minimum atomic E-state index is -2.74. The van der Waals surface area contributed by atoms with Gasteiger partial charge in [-0.25, -0.2) is 28.1 Å². The Hall–Kier alpha value is -2.47. The number of benzene rings is 1. The van der Waals surface area contributed by atoms with Gasteiger partial charge in [0, 0.05) is 18.2 Å². The Bertz CT molecular complexity index is 1370. The Morgan fingerprint density at radius 2 is 1.95 bits per heavy atom. The number of hydrogen-bond acceptors (Lipinski definition) is 7. The first-order valence-corrected chi connectivity index (χ1v) is 13.6. The number of aliphatic hydroxyl groups excluding tert-OH is 1. The van der Waals surface area contributed by atoms with Crippen LogP contribution in [0.5, 0.6) is 0 Å². The van der Waals surface area contributed by atoms with Crippen molar-refractivity contribution < 1.29 is 23.0 Å². The number of aliphatic hydroxyl groups is 1. The van der Waals surface area contributed by atoms with Crippen LogP contribution < -0.4 is 5.32 Å². The lowest BCUT2D eigenvalue weighted by molar-refractivity contribution is -0.167. The lowest BCUT2D eigenvalue weighted by atomic mass is 9.95. The van der Waals surface area contributed by atoms with Crippen LogP contribution in [0.4, 0.5) is 19.1 Å². The number of halogens is 4. The van der Waals surface area contributed by atoms with Crippen LogP contribution in [0.25, 0.3) is 22.3 Å². The van der Waals surface area contributed by atoms with Gasteiger partial charge in [-0.2, -0.15) is 0 Å². The molecule has 0 spiro atoms. The molecule has 5 rings (SSSR count). The van der Waals surface area contributed by atoms with Gasteiger partial charge in [0.2, 0.25) is 5.95 Å². The smallest absolute Gasteiger partial charge is 0.273 e. The first kappa shape index (κ1) is 28.1. The molecular weight excluding hydrogens is 533 g/mol. The summed E-state index contributed by atoms with van der Waals surface area (Å²) in [5.41, 5.74) is 0.575. The van der Waals surface area contributed by atoms with Gasteiger partial charge in [0.25, 0.3) is 5.92 Å². The molecular formula is C27H34ClF3N6O2. The molecule has 3 atom stereocenters. The van der Waals surface area contributed by atoms with E-state index in [9.17, 15) is 13.9 Å². The molecule has 1 aromatic carbocycles. The number of imidazole rings is 1. The predicted molar refractivity (Wildman–Crippen MR) is 144 cm³/mol. The largest absolute Gasteiger partial charge is 0.388 e. The summed E-state index contributed by atoms with van der Waals surface area (Å²) >= 11 is 6.49. The summed E-state index contributed by atoms with van der Waals surface area (Å²) < 4.78 is 50.5. The Labute approximate surface area is 230 Å². The van der Waals surface area contributed by atoms with Crippen LogP contribution in [0.15, 0.2) is 18.3 Å². The molecule has 2 N–H and O–H groups in total. The van der Waals surface area contributed by atoms with Crippen LogP contribution in [0.3, 0.4) is 0 Å². The van der Waals surface area contributed by atoms with Crippen molar-refractivity contribution in [1.29, 1.82) is 0 Å². The number of anilines is 1. The maximum Gasteiger partial charge on any atom is 0.273 e. The van der Waals surface area contributed by atoms with E-state index in [0.717, 1.165) is 6.42 Å². The molecule has 8 nitrogen and oxygen atoms in total. The number of ether oxygens (including phenoxy) is 1. The van der Waals surface area contributed by atoms with Gasteiger partial charge in [-0.3, -0.25) is 4.90 Å². The van der Waals surface area contributed by atoms with E-state index in [0.29, 0.717) is 35.6 Å². The number of rotatable bonds is 6. The number of nitrogens with zero attached hydrogens (tertiary/aromatic N) is 5. The molecule has 2 aromatic heterocycles. The minimum absolute atomic E-state index is 0.125. The van der Waals surface area contributed by atoms with Crippen molar-refractivity contribution in [3.63, 3.8) is 0 Å². The Morgan fingerprint density at radius 3 is 2.62 bits per heavy atom. The minimum Gasteiger partial charge on any atom is -0.388 e. The van der Waals surface area contributed by atoms with Gasteiger partial charge in [0.05, 0.1) is 59.3 Å². The molecule has 0 bridgehead atoms. The number of nitrogens with one attached hydrogen (secondary N) is 1. The number of hydrogen-bond donors (Lipinski definition) is 2. The zero-order valence-corrected chi connectivity index (χ0v) is 23.4. The van der Waals surface area contributed by atoms with Gasteiger partial charge in [-0.1, -0.05) is 11.6 Å². The van der Waals surface area contributed by atoms with Gasteiger partial charge in [-0.05, 0) is 59.6 Å². The highest BCUT2D eigenvalue weighted by atomic mass is 35.5. The van der Waals surface area contributed by atoms with Crippen molar-refractivity contribution in [1.82, 2.24) is 24.4 Å². The standard InChI is InChI=1S/C27H34ClF3N6O2/c1-14(2)37-20-10-16(9-18(29)22(20)34-24(37)26(4,5)36-12-27(30,31)13-36)21-17(28)11-32-25(35-21)33-19-7-6-8-39-15(3)23(19)38/h9-11,14-15,19,23,38H,6-8,12-13H2,1-5H3,(H,32,33,35)/t15-,19-,23-/m1/s1. The maximum absolute atomic E-state index is 15.6. The molecule has 0 unspecified atom stereocenters. The summed E-state index contributed by atoms with van der Waals surface area (Å²) in [4.78, 5) is 15.1. The van der Waals surface area contributed by atoms with Crippen LogP contribution in [-0.4, -0.2) is 73.4 Å². The predicted octanol–water partition coefficient (Wildman–Crippen LogP) is 5.39. The molecule has 2 aliphatic rings. The van der Waals surface area contributed by atoms with Gasteiger partial charge in [0.15, 0.2) is 5.82 Å². The molecule has 39 heavy (non-hydrogen) atoms. The van der Waals surface area contributed by atoms with Crippen molar-refractivity contribution in [3.05, 3.63) is 35.0 Å². The number of alkyl halides is 2. The van der Waals surface area contributed by atoms with Crippen molar-refractivity contribution in [2.75, 3.05) is 25.0 Å². The van der Waals surface area contributed by atoms with E-state index in [1.807, 2.05) is 39.2 Å². The Kier molecular flexibility index (Phi) is 7.32. The average molecular weight is 567 g/mol. The fourth-order valence-corrected chi connectivity index (χ4v) is 5.62. The summed E-state index contributed by atoms with van der Waals surface area (Å²) in [5, 5.41) is 14.1. The topological polar surface area (TPSA) is 88.3 Å². The van der Waals surface area contributed by atoms with Crippen molar-refractivity contribution in [2.45, 2.75) is 83.2 Å². The molecule has 2 fully saturated rings. The van der Waals surface area contributed by atoms with E-state index >= 15 is 4.39 Å². The molecule has 2 aliphatic heterocycles. The van der Waals surface area contributed by atoms with Gasteiger partial charge in [-0.15, -0.1) is 0 Å². The number of fused-ring (bicyclic) bond motifs is 1. The molecule has 0 aliphatic carbocycles. The molecule has 12 heteroatoms. The van der Waals surface area contributed by atoms with E-state index in [1.54, 1.807) is 11.0 Å². The summed E-state index contributed by atoms with van der Waals surface area (Å²) in [6.07, 6.45) is 1.79. The highest BCUT2D eigenvalue weighted by molar-refractivity contribution is 6.33. The SMILES string of the molecule is CC(C)n1c(C(C)(C)N2CC(F)(F)C2)nc2c(F)cc(-c3nc(N[C@@H]4CCCO[C@H](C)[C@H]4O)ncc3Cl)cc21. The third-order valence-electron chi connectivity index (χ3n) is 7.71. The highest BCUT2D eigenvalue weighted by Crippen LogP contribution is 2.41. The number of aromatic nitrogens is 4. The Balaban J connectivity index is 1.54. The number of likely N-dealkylation sites (tertiary alicyclic amines) is 1. The summed E-state index contributed by atoms with van der Waals surface area (Å²) in [5.74, 6) is -2.54. The summed E-state index contributed by atoms with van der Waals surface area (Å²) in [6.45, 7) is 9.17. The van der Waals surface area contributed by atoms with Crippen LogP contribution in [0.2, 0.25) is 5.02 Å². The quantitative estimate of drug-likeness (QED) is 0.413. The highest BCUT2D eigenvalue weighted by Gasteiger charge is 2.51. The third kappa shape index (κ3) is 5.21. The van der Waals surface area contributed by atoms with Crippen LogP contribution in [0.1, 0.15) is 59.3 Å². The monoisotopic (exact) mass is 566 g/mol. The first-order valence-electron chi connectivity index (χ1n) is 13.2. The van der Waals surface area contributed by atoms with Crippen molar-refractivity contribution in [3.8, 4) is 11.3 Å². The van der Waals surface area contributed by atoms with E-state index in [-0.39, 0.29) is 47.8 Å². The zero-order valence-electron chi connectivity index (χ0n) is 22.7. The van der Waals surface area contributed by atoms with Crippen LogP contribution in [0, 0.1) is 5.82 Å². The molecule has 3 aromatic rings. The zero-order chi connectivity index (χ0) is 28.3. The van der Waals surface area contributed by atoms with Gasteiger partial charge in [0.1, 0.15) is 11.3 Å². The second-order valence-electron chi connectivity index (χ2n) is 11.3. The van der Waals surface area contributed by atoms with Crippen molar-refractivity contribution in [2.24, 2.45) is 0 Å². The lowest BCUT2D eigenvalue weighted by Gasteiger charge is -2.48. The van der Waals surface area contributed by atoms with Crippen LogP contribution >= 0.6 is 11.6 Å². The van der Waals surface area contributed by atoms with E-state index < -0.39 is 23.4 Å². The van der Waals surface area contributed by atoms with Crippen molar-refractivity contribution >= 4 is 28.6 Å². The molecule has 0 amide bonds. The Morgan fingerprint density at radius 1 is 1.23 bits per heavy atom. The van der Waals surface area contributed by atoms with E-state index in [4.69, 9.17) is 16.3 Å². The van der Waals surface area contributed by atoms with Gasteiger partial charge < -0.3 is 19.7 Å². The van der Waals surface area contributed by atoms with Crippen LogP contribution in [-0.2, 0) is 10.3 Å². The average Bonchev–Trinajstić information content (AvgIpc) is 3.19. The molecule has 4 heterocycles.